The van der Waals surface area contributed by atoms with Crippen LogP contribution in [-0.2, 0) is 14.8 Å². The number of carbonyl (C=O) groups excluding carboxylic acids is 1. The molecule has 0 radical (unpaired) electrons. The van der Waals surface area contributed by atoms with Crippen LogP contribution in [-0.4, -0.2) is 38.3 Å². The topological polar surface area (TPSA) is 92.5 Å². The molecule has 1 rings (SSSR count). The number of carbonyl (C=O) groups is 1. The number of amides is 1. The fourth-order valence-corrected chi connectivity index (χ4v) is 3.30. The lowest BCUT2D eigenvalue weighted by molar-refractivity contribution is -0.121. The summed E-state index contributed by atoms with van der Waals surface area (Å²) in [6.45, 7) is 3.91. The van der Waals surface area contributed by atoms with Crippen LogP contribution in [0.2, 0.25) is 0 Å². The summed E-state index contributed by atoms with van der Waals surface area (Å²) in [4.78, 5) is 11.6. The third kappa shape index (κ3) is 3.94. The van der Waals surface area contributed by atoms with Gasteiger partial charge in [-0.3, -0.25) is 4.79 Å². The average Bonchev–Trinajstić information content (AvgIpc) is 2.39. The quantitative estimate of drug-likeness (QED) is 0.742. The van der Waals surface area contributed by atoms with Crippen LogP contribution in [0.3, 0.4) is 0 Å². The summed E-state index contributed by atoms with van der Waals surface area (Å²) in [6, 6.07) is 4.40. The van der Waals surface area contributed by atoms with E-state index in [4.69, 9.17) is 5.73 Å². The van der Waals surface area contributed by atoms with E-state index in [0.717, 1.165) is 4.31 Å². The summed E-state index contributed by atoms with van der Waals surface area (Å²) >= 11 is 3.21. The first-order valence-corrected chi connectivity index (χ1v) is 8.38. The fourth-order valence-electron chi connectivity index (χ4n) is 1.61. The van der Waals surface area contributed by atoms with Crippen molar-refractivity contribution in [2.24, 2.45) is 0 Å². The monoisotopic (exact) mass is 363 g/mol. The van der Waals surface area contributed by atoms with Gasteiger partial charge in [0.2, 0.25) is 15.9 Å². The Morgan fingerprint density at radius 3 is 2.55 bits per heavy atom. The standard InChI is InChI=1S/C12H18BrN3O3S/c1-3-15-12(17)8-16(4-2)20(18,19)9-5-6-10(13)11(14)7-9/h5-7H,3-4,8,14H2,1-2H3,(H,15,17). The van der Waals surface area contributed by atoms with Crippen LogP contribution in [0, 0.1) is 0 Å². The molecule has 1 amide bonds. The molecular formula is C12H18BrN3O3S. The highest BCUT2D eigenvalue weighted by Gasteiger charge is 2.25. The van der Waals surface area contributed by atoms with Crippen molar-refractivity contribution in [2.75, 3.05) is 25.4 Å². The number of hydrogen-bond acceptors (Lipinski definition) is 4. The summed E-state index contributed by atoms with van der Waals surface area (Å²) in [5.41, 5.74) is 6.03. The number of nitrogens with two attached hydrogens (primary N) is 1. The number of halogens is 1. The number of nitrogen functional groups attached to an aromatic ring is 1. The number of likely N-dealkylation sites (N-methyl/N-ethyl adjacent to an activating group) is 2. The van der Waals surface area contributed by atoms with Crippen molar-refractivity contribution in [2.45, 2.75) is 18.7 Å². The van der Waals surface area contributed by atoms with E-state index in [1.807, 2.05) is 0 Å². The third-order valence-corrected chi connectivity index (χ3v) is 5.29. The average molecular weight is 364 g/mol. The number of benzene rings is 1. The smallest absolute Gasteiger partial charge is 0.243 e. The largest absolute Gasteiger partial charge is 0.398 e. The van der Waals surface area contributed by atoms with Gasteiger partial charge < -0.3 is 11.1 Å². The molecule has 0 atom stereocenters. The molecule has 0 aliphatic rings. The number of hydrogen-bond donors (Lipinski definition) is 2. The van der Waals surface area contributed by atoms with Crippen LogP contribution in [0.4, 0.5) is 5.69 Å². The molecule has 0 aromatic heterocycles. The van der Waals surface area contributed by atoms with Gasteiger partial charge in [0.15, 0.2) is 0 Å². The van der Waals surface area contributed by atoms with Crippen LogP contribution >= 0.6 is 15.9 Å². The van der Waals surface area contributed by atoms with Crippen molar-refractivity contribution >= 4 is 37.5 Å². The molecule has 0 saturated heterocycles. The third-order valence-electron chi connectivity index (χ3n) is 2.65. The molecule has 3 N–H and O–H groups in total. The maximum atomic E-state index is 12.4. The van der Waals surface area contributed by atoms with Crippen LogP contribution in [0.1, 0.15) is 13.8 Å². The van der Waals surface area contributed by atoms with Gasteiger partial charge in [-0.15, -0.1) is 0 Å². The molecule has 112 valence electrons. The first-order chi connectivity index (χ1) is 9.32. The number of nitrogens with zero attached hydrogens (tertiary/aromatic N) is 1. The van der Waals surface area contributed by atoms with E-state index in [1.54, 1.807) is 19.9 Å². The van der Waals surface area contributed by atoms with E-state index < -0.39 is 10.0 Å². The Morgan fingerprint density at radius 1 is 1.40 bits per heavy atom. The lowest BCUT2D eigenvalue weighted by atomic mass is 10.3. The van der Waals surface area contributed by atoms with Crippen LogP contribution in [0.25, 0.3) is 0 Å². The fraction of sp³-hybridized carbons (Fsp3) is 0.417. The van der Waals surface area contributed by atoms with Crippen LogP contribution in [0.5, 0.6) is 0 Å². The van der Waals surface area contributed by atoms with Gasteiger partial charge in [0, 0.05) is 23.2 Å². The maximum Gasteiger partial charge on any atom is 0.243 e. The second-order valence-electron chi connectivity index (χ2n) is 4.07. The van der Waals surface area contributed by atoms with Crippen LogP contribution in [0.15, 0.2) is 27.6 Å². The van der Waals surface area contributed by atoms with Gasteiger partial charge in [0.1, 0.15) is 0 Å². The molecule has 0 heterocycles. The van der Waals surface area contributed by atoms with Gasteiger partial charge in [0.05, 0.1) is 11.4 Å². The second-order valence-corrected chi connectivity index (χ2v) is 6.86. The van der Waals surface area contributed by atoms with Gasteiger partial charge in [-0.2, -0.15) is 4.31 Å². The van der Waals surface area contributed by atoms with E-state index in [-0.39, 0.29) is 23.9 Å². The van der Waals surface area contributed by atoms with Crippen molar-refractivity contribution < 1.29 is 13.2 Å². The van der Waals surface area contributed by atoms with Crippen LogP contribution < -0.4 is 11.1 Å². The number of nitrogens with one attached hydrogen (secondary N) is 1. The van der Waals surface area contributed by atoms with E-state index in [2.05, 4.69) is 21.2 Å². The molecule has 6 nitrogen and oxygen atoms in total. The Bertz CT molecular complexity index is 590. The summed E-state index contributed by atoms with van der Waals surface area (Å²) in [6.07, 6.45) is 0. The minimum Gasteiger partial charge on any atom is -0.398 e. The van der Waals surface area contributed by atoms with Gasteiger partial charge in [-0.05, 0) is 41.1 Å². The van der Waals surface area contributed by atoms with E-state index in [0.29, 0.717) is 16.7 Å². The Kier molecular flexibility index (Phi) is 5.97. The van der Waals surface area contributed by atoms with Crippen molar-refractivity contribution in [3.05, 3.63) is 22.7 Å². The summed E-state index contributed by atoms with van der Waals surface area (Å²) in [5.74, 6) is -0.331. The van der Waals surface area contributed by atoms with Crippen molar-refractivity contribution in [3.63, 3.8) is 0 Å². The number of rotatable bonds is 6. The number of anilines is 1. The predicted molar refractivity (Wildman–Crippen MR) is 81.7 cm³/mol. The van der Waals surface area contributed by atoms with Crippen molar-refractivity contribution in [1.82, 2.24) is 9.62 Å². The zero-order chi connectivity index (χ0) is 15.3. The summed E-state index contributed by atoms with van der Waals surface area (Å²) < 4.78 is 26.6. The lowest BCUT2D eigenvalue weighted by Crippen LogP contribution is -2.40. The molecule has 20 heavy (non-hydrogen) atoms. The predicted octanol–water partition coefficient (Wildman–Crippen LogP) is 1.18. The Morgan fingerprint density at radius 2 is 2.05 bits per heavy atom. The summed E-state index contributed by atoms with van der Waals surface area (Å²) in [5, 5.41) is 2.58. The normalized spacial score (nSPS) is 11.6. The Hall–Kier alpha value is -1.12. The number of sulfonamides is 1. The zero-order valence-corrected chi connectivity index (χ0v) is 13.8. The lowest BCUT2D eigenvalue weighted by Gasteiger charge is -2.20. The van der Waals surface area contributed by atoms with E-state index in [9.17, 15) is 13.2 Å². The summed E-state index contributed by atoms with van der Waals surface area (Å²) in [7, 11) is -3.73. The first-order valence-electron chi connectivity index (χ1n) is 6.14. The molecule has 1 aromatic rings. The van der Waals surface area contributed by atoms with Crippen molar-refractivity contribution in [3.8, 4) is 0 Å². The molecule has 0 bridgehead atoms. The second kappa shape index (κ2) is 7.05. The highest BCUT2D eigenvalue weighted by molar-refractivity contribution is 9.10. The molecule has 8 heteroatoms. The van der Waals surface area contributed by atoms with Gasteiger partial charge in [-0.25, -0.2) is 8.42 Å². The highest BCUT2D eigenvalue weighted by atomic mass is 79.9. The molecule has 0 fully saturated rings. The minimum atomic E-state index is -3.73. The molecule has 0 aliphatic heterocycles. The SMILES string of the molecule is CCNC(=O)CN(CC)S(=O)(=O)c1ccc(Br)c(N)c1. The van der Waals surface area contributed by atoms with Crippen molar-refractivity contribution in [1.29, 1.82) is 0 Å². The van der Waals surface area contributed by atoms with Gasteiger partial charge in [0.25, 0.3) is 0 Å². The Labute approximate surface area is 127 Å². The Balaban J connectivity index is 3.05. The first kappa shape index (κ1) is 16.9. The highest BCUT2D eigenvalue weighted by Crippen LogP contribution is 2.24. The van der Waals surface area contributed by atoms with E-state index in [1.165, 1.54) is 12.1 Å². The molecule has 0 aliphatic carbocycles. The molecule has 0 unspecified atom stereocenters. The molecular weight excluding hydrogens is 346 g/mol. The minimum absolute atomic E-state index is 0.0735. The van der Waals surface area contributed by atoms with Gasteiger partial charge >= 0.3 is 0 Å². The molecule has 0 saturated carbocycles. The maximum absolute atomic E-state index is 12.4. The van der Waals surface area contributed by atoms with Gasteiger partial charge in [-0.1, -0.05) is 6.92 Å². The zero-order valence-electron chi connectivity index (χ0n) is 11.4. The molecule has 0 spiro atoms. The van der Waals surface area contributed by atoms with E-state index >= 15 is 0 Å². The molecule has 1 aromatic carbocycles.